The van der Waals surface area contributed by atoms with Crippen LogP contribution in [0.25, 0.3) is 5.69 Å². The minimum atomic E-state index is -1.24. The Balaban J connectivity index is 1.49. The molecule has 2 N–H and O–H groups in total. The van der Waals surface area contributed by atoms with Gasteiger partial charge in [0.2, 0.25) is 0 Å². The monoisotopic (exact) mass is 401 g/mol. The number of rotatable bonds is 6. The molecule has 11 nitrogen and oxygen atoms in total. The number of amides is 3. The van der Waals surface area contributed by atoms with Gasteiger partial charge >= 0.3 is 6.03 Å². The smallest absolute Gasteiger partial charge is 0.325 e. The third kappa shape index (κ3) is 3.84. The highest BCUT2D eigenvalue weighted by molar-refractivity contribution is 6.07. The summed E-state index contributed by atoms with van der Waals surface area (Å²) in [6.45, 7) is 4.64. The first kappa shape index (κ1) is 19.4. The molecule has 11 heteroatoms. The lowest BCUT2D eigenvalue weighted by atomic mass is 9.91. The molecular formula is C18H23N7O4. The van der Waals surface area contributed by atoms with Gasteiger partial charge in [0.05, 0.1) is 31.5 Å². The second-order valence-electron chi connectivity index (χ2n) is 7.34. The Bertz CT molecular complexity index is 884. The van der Waals surface area contributed by atoms with E-state index in [1.165, 1.54) is 11.0 Å². The molecule has 2 atom stereocenters. The number of nitrogens with one attached hydrogen (secondary N) is 1. The number of urea groups is 1. The van der Waals surface area contributed by atoms with Crippen LogP contribution < -0.4 is 5.32 Å². The molecule has 2 aromatic rings. The number of β-amino-alcohol motifs (C(OH)–C–C–N with tert-alkyl or cyclic N) is 1. The average molecular weight is 401 g/mol. The van der Waals surface area contributed by atoms with Crippen LogP contribution in [0.1, 0.15) is 12.5 Å². The average Bonchev–Trinajstić information content (AvgIpc) is 3.33. The zero-order valence-electron chi connectivity index (χ0n) is 16.1. The summed E-state index contributed by atoms with van der Waals surface area (Å²) >= 11 is 0. The normalized spacial score (nSPS) is 24.0. The number of aliphatic hydroxyl groups is 1. The van der Waals surface area contributed by atoms with Gasteiger partial charge in [0.25, 0.3) is 5.91 Å². The van der Waals surface area contributed by atoms with Crippen molar-refractivity contribution in [2.45, 2.75) is 18.6 Å². The number of hydrogen-bond acceptors (Lipinski definition) is 8. The van der Waals surface area contributed by atoms with Crippen molar-refractivity contribution in [2.24, 2.45) is 0 Å². The zero-order chi connectivity index (χ0) is 20.4. The minimum Gasteiger partial charge on any atom is -0.390 e. The number of tetrazole rings is 1. The van der Waals surface area contributed by atoms with Crippen molar-refractivity contribution < 1.29 is 19.4 Å². The van der Waals surface area contributed by atoms with E-state index in [1.807, 2.05) is 0 Å². The molecule has 1 aromatic heterocycles. The van der Waals surface area contributed by atoms with E-state index in [0.29, 0.717) is 31.0 Å². The van der Waals surface area contributed by atoms with Gasteiger partial charge in [0, 0.05) is 19.6 Å². The van der Waals surface area contributed by atoms with Crippen molar-refractivity contribution in [3.8, 4) is 5.69 Å². The van der Waals surface area contributed by atoms with Gasteiger partial charge in [0.1, 0.15) is 11.9 Å². The van der Waals surface area contributed by atoms with Crippen molar-refractivity contribution in [3.05, 3.63) is 36.2 Å². The number of carbonyl (C=O) groups excluding carboxylic acids is 2. The maximum atomic E-state index is 13.1. The first-order valence-electron chi connectivity index (χ1n) is 9.43. The highest BCUT2D eigenvalue weighted by Crippen LogP contribution is 2.30. The topological polar surface area (TPSA) is 126 Å². The Labute approximate surface area is 167 Å². The first-order chi connectivity index (χ1) is 14.0. The maximum absolute atomic E-state index is 13.1. The molecule has 3 amide bonds. The van der Waals surface area contributed by atoms with Crippen LogP contribution in [-0.4, -0.2) is 92.5 Å². The second-order valence-corrected chi connectivity index (χ2v) is 7.34. The summed E-state index contributed by atoms with van der Waals surface area (Å²) in [4.78, 5) is 28.8. The van der Waals surface area contributed by atoms with Crippen molar-refractivity contribution >= 4 is 11.9 Å². The lowest BCUT2D eigenvalue weighted by Crippen LogP contribution is -2.46. The van der Waals surface area contributed by atoms with E-state index >= 15 is 0 Å². The van der Waals surface area contributed by atoms with E-state index in [2.05, 4.69) is 25.7 Å². The highest BCUT2D eigenvalue weighted by Gasteiger charge is 2.49. The van der Waals surface area contributed by atoms with Crippen LogP contribution in [0.3, 0.4) is 0 Å². The highest BCUT2D eigenvalue weighted by atomic mass is 16.5. The number of imide groups is 1. The van der Waals surface area contributed by atoms with E-state index in [9.17, 15) is 14.7 Å². The van der Waals surface area contributed by atoms with E-state index in [1.54, 1.807) is 31.2 Å². The number of benzene rings is 1. The molecule has 1 aromatic carbocycles. The van der Waals surface area contributed by atoms with Crippen LogP contribution in [0.15, 0.2) is 30.6 Å². The van der Waals surface area contributed by atoms with Crippen molar-refractivity contribution in [1.29, 1.82) is 0 Å². The van der Waals surface area contributed by atoms with Crippen LogP contribution in [0, 0.1) is 0 Å². The minimum absolute atomic E-state index is 0.0652. The molecule has 0 spiro atoms. The molecule has 2 aliphatic heterocycles. The van der Waals surface area contributed by atoms with Crippen LogP contribution in [0.5, 0.6) is 0 Å². The fourth-order valence-electron chi connectivity index (χ4n) is 3.65. The summed E-state index contributed by atoms with van der Waals surface area (Å²) in [6, 6.07) is 6.56. The van der Waals surface area contributed by atoms with E-state index < -0.39 is 23.6 Å². The fourth-order valence-corrected chi connectivity index (χ4v) is 3.65. The van der Waals surface area contributed by atoms with Gasteiger partial charge < -0.3 is 15.2 Å². The first-order valence-corrected chi connectivity index (χ1v) is 9.43. The number of ether oxygens (including phenoxy) is 1. The summed E-state index contributed by atoms with van der Waals surface area (Å²) in [5.74, 6) is -0.405. The summed E-state index contributed by atoms with van der Waals surface area (Å²) in [6.07, 6.45) is 0.614. The zero-order valence-corrected chi connectivity index (χ0v) is 16.1. The number of aromatic nitrogens is 4. The quantitative estimate of drug-likeness (QED) is 0.598. The fraction of sp³-hybridized carbons (Fsp3) is 0.500. The van der Waals surface area contributed by atoms with Crippen LogP contribution in [-0.2, 0) is 15.1 Å². The second kappa shape index (κ2) is 7.85. The Morgan fingerprint density at radius 1 is 1.28 bits per heavy atom. The Morgan fingerprint density at radius 2 is 2.07 bits per heavy atom. The molecule has 2 aliphatic rings. The van der Waals surface area contributed by atoms with E-state index in [-0.39, 0.29) is 6.54 Å². The number of carbonyl (C=O) groups is 2. The van der Waals surface area contributed by atoms with Gasteiger partial charge in [-0.3, -0.25) is 14.6 Å². The number of aliphatic hydroxyl groups excluding tert-OH is 1. The van der Waals surface area contributed by atoms with Crippen molar-refractivity contribution in [3.63, 3.8) is 0 Å². The Hall–Kier alpha value is -2.89. The summed E-state index contributed by atoms with van der Waals surface area (Å²) < 4.78 is 6.77. The van der Waals surface area contributed by atoms with Gasteiger partial charge in [-0.05, 0) is 35.0 Å². The maximum Gasteiger partial charge on any atom is 0.325 e. The molecule has 2 saturated heterocycles. The van der Waals surface area contributed by atoms with E-state index in [0.717, 1.165) is 18.0 Å². The predicted octanol–water partition coefficient (Wildman–Crippen LogP) is -0.878. The SMILES string of the molecule is C[C@@]1(c2cccc(-n3cnnn3)c2)NC(=O)N(C[C@@H](O)CN2CCOCC2)C1=O. The van der Waals surface area contributed by atoms with Crippen LogP contribution >= 0.6 is 0 Å². The molecule has 0 unspecified atom stereocenters. The third-order valence-corrected chi connectivity index (χ3v) is 5.28. The van der Waals surface area contributed by atoms with Crippen molar-refractivity contribution in [1.82, 2.24) is 35.3 Å². The summed E-state index contributed by atoms with van der Waals surface area (Å²) in [5, 5.41) is 24.3. The molecule has 29 heavy (non-hydrogen) atoms. The van der Waals surface area contributed by atoms with Crippen molar-refractivity contribution in [2.75, 3.05) is 39.4 Å². The molecule has 154 valence electrons. The van der Waals surface area contributed by atoms with Gasteiger partial charge in [-0.15, -0.1) is 5.10 Å². The molecule has 3 heterocycles. The Morgan fingerprint density at radius 3 is 2.79 bits per heavy atom. The predicted molar refractivity (Wildman–Crippen MR) is 100 cm³/mol. The molecule has 2 fully saturated rings. The van der Waals surface area contributed by atoms with E-state index in [4.69, 9.17) is 4.74 Å². The van der Waals surface area contributed by atoms with Crippen LogP contribution in [0.2, 0.25) is 0 Å². The molecule has 0 aliphatic carbocycles. The molecule has 0 radical (unpaired) electrons. The number of hydrogen-bond donors (Lipinski definition) is 2. The number of nitrogens with zero attached hydrogens (tertiary/aromatic N) is 6. The summed E-state index contributed by atoms with van der Waals surface area (Å²) in [7, 11) is 0. The molecule has 4 rings (SSSR count). The number of morpholine rings is 1. The molecule has 0 saturated carbocycles. The largest absolute Gasteiger partial charge is 0.390 e. The van der Waals surface area contributed by atoms with Gasteiger partial charge in [0.15, 0.2) is 0 Å². The lowest BCUT2D eigenvalue weighted by molar-refractivity contribution is -0.132. The lowest BCUT2D eigenvalue weighted by Gasteiger charge is -2.29. The Kier molecular flexibility index (Phi) is 5.26. The standard InChI is InChI=1S/C18H23N7O4/c1-18(13-3-2-4-14(9-13)25-12-19-21-22-25)16(27)24(17(28)20-18)11-15(26)10-23-5-7-29-8-6-23/h2-4,9,12,15,26H,5-8,10-11H2,1H3,(H,20,28)/t15-,18-/m0/s1. The third-order valence-electron chi connectivity index (χ3n) is 5.28. The molecular weight excluding hydrogens is 378 g/mol. The van der Waals surface area contributed by atoms with Crippen LogP contribution in [0.4, 0.5) is 4.79 Å². The summed E-state index contributed by atoms with van der Waals surface area (Å²) in [5.41, 5.74) is 0.0374. The van der Waals surface area contributed by atoms with Gasteiger partial charge in [-0.2, -0.15) is 0 Å². The van der Waals surface area contributed by atoms with Gasteiger partial charge in [-0.1, -0.05) is 12.1 Å². The van der Waals surface area contributed by atoms with Gasteiger partial charge in [-0.25, -0.2) is 9.48 Å². The molecule has 0 bridgehead atoms.